The lowest BCUT2D eigenvalue weighted by molar-refractivity contribution is 0.0730. The maximum atomic E-state index is 12.7. The zero-order valence-corrected chi connectivity index (χ0v) is 11.5. The fourth-order valence-electron chi connectivity index (χ4n) is 2.82. The van der Waals surface area contributed by atoms with Crippen LogP contribution in [0.5, 0.6) is 0 Å². The summed E-state index contributed by atoms with van der Waals surface area (Å²) in [5.41, 5.74) is 1.99. The van der Waals surface area contributed by atoms with Gasteiger partial charge in [-0.25, -0.2) is 0 Å². The highest BCUT2D eigenvalue weighted by Crippen LogP contribution is 2.33. The molecule has 1 aromatic rings. The first kappa shape index (κ1) is 13.3. The van der Waals surface area contributed by atoms with Crippen LogP contribution in [0.1, 0.15) is 49.0 Å². The molecule has 98 valence electrons. The van der Waals surface area contributed by atoms with E-state index in [1.807, 2.05) is 12.1 Å². The fourth-order valence-corrected chi connectivity index (χ4v) is 2.82. The van der Waals surface area contributed by atoms with Crippen LogP contribution in [0.25, 0.3) is 0 Å². The Morgan fingerprint density at radius 3 is 2.50 bits per heavy atom. The molecule has 1 heterocycles. The lowest BCUT2D eigenvalue weighted by atomic mass is 9.73. The minimum Gasteiger partial charge on any atom is -0.316 e. The number of Topliss-reactive ketones (excluding diaryl/α,β-unsaturated/α-hetero) is 1. The van der Waals surface area contributed by atoms with Crippen molar-refractivity contribution in [2.24, 2.45) is 5.41 Å². The highest BCUT2D eigenvalue weighted by atomic mass is 16.1. The zero-order valence-electron chi connectivity index (χ0n) is 11.5. The second kappa shape index (κ2) is 5.66. The normalized spacial score (nSPS) is 23.9. The van der Waals surface area contributed by atoms with E-state index in [1.165, 1.54) is 5.56 Å². The van der Waals surface area contributed by atoms with Gasteiger partial charge in [-0.15, -0.1) is 0 Å². The number of carbonyl (C=O) groups is 1. The number of ketones is 1. The van der Waals surface area contributed by atoms with Crippen LogP contribution < -0.4 is 5.32 Å². The van der Waals surface area contributed by atoms with Gasteiger partial charge < -0.3 is 5.32 Å². The molecule has 2 rings (SSSR count). The SMILES string of the molecule is CCc1ccc(C(=O)C2(CC)CCCNC2)cc1. The van der Waals surface area contributed by atoms with E-state index in [0.29, 0.717) is 5.78 Å². The maximum Gasteiger partial charge on any atom is 0.170 e. The van der Waals surface area contributed by atoms with Gasteiger partial charge in [-0.1, -0.05) is 38.1 Å². The average Bonchev–Trinajstić information content (AvgIpc) is 2.47. The van der Waals surface area contributed by atoms with Gasteiger partial charge in [0, 0.05) is 17.5 Å². The number of hydrogen-bond donors (Lipinski definition) is 1. The van der Waals surface area contributed by atoms with Crippen molar-refractivity contribution in [3.8, 4) is 0 Å². The lowest BCUT2D eigenvalue weighted by Crippen LogP contribution is -2.45. The number of nitrogens with one attached hydrogen (secondary N) is 1. The third-order valence-corrected chi connectivity index (χ3v) is 4.26. The van der Waals surface area contributed by atoms with Gasteiger partial charge >= 0.3 is 0 Å². The van der Waals surface area contributed by atoms with E-state index >= 15 is 0 Å². The topological polar surface area (TPSA) is 29.1 Å². The molecule has 1 saturated heterocycles. The van der Waals surface area contributed by atoms with Crippen LogP contribution in [-0.4, -0.2) is 18.9 Å². The van der Waals surface area contributed by atoms with Crippen molar-refractivity contribution in [1.82, 2.24) is 5.32 Å². The molecule has 0 amide bonds. The number of carbonyl (C=O) groups excluding carboxylic acids is 1. The van der Waals surface area contributed by atoms with Gasteiger partial charge in [-0.3, -0.25) is 4.79 Å². The summed E-state index contributed by atoms with van der Waals surface area (Å²) in [4.78, 5) is 12.7. The molecule has 0 spiro atoms. The Kier molecular flexibility index (Phi) is 4.18. The summed E-state index contributed by atoms with van der Waals surface area (Å²) in [6.45, 7) is 6.14. The van der Waals surface area contributed by atoms with Crippen LogP contribution in [0.3, 0.4) is 0 Å². The second-order valence-electron chi connectivity index (χ2n) is 5.29. The zero-order chi connectivity index (χ0) is 13.0. The van der Waals surface area contributed by atoms with Gasteiger partial charge in [0.15, 0.2) is 5.78 Å². The third kappa shape index (κ3) is 2.49. The number of benzene rings is 1. The van der Waals surface area contributed by atoms with Gasteiger partial charge in [0.25, 0.3) is 0 Å². The maximum absolute atomic E-state index is 12.7. The lowest BCUT2D eigenvalue weighted by Gasteiger charge is -2.35. The number of piperidine rings is 1. The summed E-state index contributed by atoms with van der Waals surface area (Å²) >= 11 is 0. The molecule has 0 radical (unpaired) electrons. The molecule has 0 aliphatic carbocycles. The van der Waals surface area contributed by atoms with E-state index in [-0.39, 0.29) is 5.41 Å². The van der Waals surface area contributed by atoms with Crippen LogP contribution >= 0.6 is 0 Å². The Morgan fingerprint density at radius 1 is 1.28 bits per heavy atom. The average molecular weight is 245 g/mol. The predicted molar refractivity (Wildman–Crippen MR) is 75.0 cm³/mol. The molecule has 1 unspecified atom stereocenters. The summed E-state index contributed by atoms with van der Waals surface area (Å²) in [7, 11) is 0. The molecule has 1 aliphatic rings. The van der Waals surface area contributed by atoms with E-state index in [2.05, 4.69) is 31.3 Å². The molecule has 0 saturated carbocycles. The Morgan fingerprint density at radius 2 is 2.00 bits per heavy atom. The van der Waals surface area contributed by atoms with Gasteiger partial charge in [-0.05, 0) is 37.8 Å². The molecule has 1 aliphatic heterocycles. The van der Waals surface area contributed by atoms with Crippen LogP contribution in [0, 0.1) is 5.41 Å². The Bertz CT molecular complexity index is 402. The monoisotopic (exact) mass is 245 g/mol. The van der Waals surface area contributed by atoms with Crippen molar-refractivity contribution in [2.45, 2.75) is 39.5 Å². The molecular formula is C16H23NO. The van der Waals surface area contributed by atoms with E-state index in [9.17, 15) is 4.79 Å². The van der Waals surface area contributed by atoms with E-state index in [1.54, 1.807) is 0 Å². The molecule has 0 bridgehead atoms. The molecule has 0 aromatic heterocycles. The van der Waals surface area contributed by atoms with Crippen molar-refractivity contribution in [1.29, 1.82) is 0 Å². The molecule has 2 nitrogen and oxygen atoms in total. The number of hydrogen-bond acceptors (Lipinski definition) is 2. The van der Waals surface area contributed by atoms with Gasteiger partial charge in [0.2, 0.25) is 0 Å². The van der Waals surface area contributed by atoms with Crippen LogP contribution in [0.2, 0.25) is 0 Å². The van der Waals surface area contributed by atoms with Crippen molar-refractivity contribution in [2.75, 3.05) is 13.1 Å². The summed E-state index contributed by atoms with van der Waals surface area (Å²) in [5, 5.41) is 3.38. The first-order valence-electron chi connectivity index (χ1n) is 7.06. The Hall–Kier alpha value is -1.15. The molecule has 2 heteroatoms. The first-order chi connectivity index (χ1) is 8.72. The largest absolute Gasteiger partial charge is 0.316 e. The first-order valence-corrected chi connectivity index (χ1v) is 7.06. The van der Waals surface area contributed by atoms with Crippen LogP contribution in [0.4, 0.5) is 0 Å². The quantitative estimate of drug-likeness (QED) is 0.825. The van der Waals surface area contributed by atoms with Crippen LogP contribution in [-0.2, 0) is 6.42 Å². The number of aryl methyl sites for hydroxylation is 1. The smallest absolute Gasteiger partial charge is 0.170 e. The highest BCUT2D eigenvalue weighted by Gasteiger charge is 2.37. The van der Waals surface area contributed by atoms with Crippen molar-refractivity contribution < 1.29 is 4.79 Å². The molecule has 1 aromatic carbocycles. The molecule has 1 N–H and O–H groups in total. The summed E-state index contributed by atoms with van der Waals surface area (Å²) < 4.78 is 0. The fraction of sp³-hybridized carbons (Fsp3) is 0.562. The van der Waals surface area contributed by atoms with Gasteiger partial charge in [0.1, 0.15) is 0 Å². The van der Waals surface area contributed by atoms with Crippen molar-refractivity contribution in [3.05, 3.63) is 35.4 Å². The van der Waals surface area contributed by atoms with E-state index in [4.69, 9.17) is 0 Å². The molecule has 18 heavy (non-hydrogen) atoms. The van der Waals surface area contributed by atoms with E-state index in [0.717, 1.165) is 44.3 Å². The van der Waals surface area contributed by atoms with E-state index < -0.39 is 0 Å². The van der Waals surface area contributed by atoms with Gasteiger partial charge in [-0.2, -0.15) is 0 Å². The Balaban J connectivity index is 2.22. The third-order valence-electron chi connectivity index (χ3n) is 4.26. The standard InChI is InChI=1S/C16H23NO/c1-3-13-6-8-14(9-7-13)15(18)16(4-2)10-5-11-17-12-16/h6-9,17H,3-5,10-12H2,1-2H3. The summed E-state index contributed by atoms with van der Waals surface area (Å²) in [6, 6.07) is 8.14. The minimum atomic E-state index is -0.175. The highest BCUT2D eigenvalue weighted by molar-refractivity contribution is 6.00. The summed E-state index contributed by atoms with van der Waals surface area (Å²) in [6.07, 6.45) is 4.07. The Labute approximate surface area is 110 Å². The molecular weight excluding hydrogens is 222 g/mol. The molecule has 1 fully saturated rings. The van der Waals surface area contributed by atoms with Crippen LogP contribution in [0.15, 0.2) is 24.3 Å². The second-order valence-corrected chi connectivity index (χ2v) is 5.29. The van der Waals surface area contributed by atoms with Gasteiger partial charge in [0.05, 0.1) is 0 Å². The van der Waals surface area contributed by atoms with Crippen molar-refractivity contribution >= 4 is 5.78 Å². The predicted octanol–water partition coefficient (Wildman–Crippen LogP) is 3.21. The molecule has 1 atom stereocenters. The summed E-state index contributed by atoms with van der Waals surface area (Å²) in [5.74, 6) is 0.319. The van der Waals surface area contributed by atoms with Crippen molar-refractivity contribution in [3.63, 3.8) is 0 Å². The minimum absolute atomic E-state index is 0.175. The number of rotatable bonds is 4.